The molecular weight excluding hydrogens is 175 g/mol. The van der Waals surface area contributed by atoms with Crippen molar-refractivity contribution in [3.05, 3.63) is 0 Å². The molecule has 0 saturated heterocycles. The Morgan fingerprint density at radius 2 is 1.00 bits per heavy atom. The fourth-order valence-electron chi connectivity index (χ4n) is 0. The van der Waals surface area contributed by atoms with Crippen molar-refractivity contribution in [2.45, 2.75) is 0 Å². The van der Waals surface area contributed by atoms with E-state index in [4.69, 9.17) is 0 Å². The first kappa shape index (κ1) is 39.4. The Hall–Kier alpha value is 1.89. The molecular formula is AlMnSiZn. The molecule has 0 aromatic heterocycles. The van der Waals surface area contributed by atoms with E-state index in [1.54, 1.807) is 0 Å². The van der Waals surface area contributed by atoms with Gasteiger partial charge in [0, 0.05) is 64.9 Å². The molecule has 4 heavy (non-hydrogen) atoms. The topological polar surface area (TPSA) is 0 Å². The Kier molecular flexibility index (Phi) is 204. The Bertz CT molecular complexity index is 8.00. The maximum absolute atomic E-state index is 0. The van der Waals surface area contributed by atoms with Crippen molar-refractivity contribution in [1.82, 2.24) is 0 Å². The predicted molar refractivity (Wildman–Crippen MR) is 11.5 cm³/mol. The Morgan fingerprint density at radius 1 is 1.00 bits per heavy atom. The van der Waals surface area contributed by atoms with Gasteiger partial charge in [-0.15, -0.1) is 0 Å². The molecule has 0 aliphatic carbocycles. The summed E-state index contributed by atoms with van der Waals surface area (Å²) in [5.74, 6) is 0. The van der Waals surface area contributed by atoms with Gasteiger partial charge in [-0.1, -0.05) is 0 Å². The second-order valence-corrected chi connectivity index (χ2v) is 0. The molecule has 0 amide bonds. The second kappa shape index (κ2) is 20.7. The van der Waals surface area contributed by atoms with Gasteiger partial charge in [-0.05, 0) is 0 Å². The Labute approximate surface area is 64.5 Å². The molecule has 0 aliphatic heterocycles. The molecule has 0 N–H and O–H groups in total. The standard InChI is InChI=1S/Al.Mn.Si.Zn. The summed E-state index contributed by atoms with van der Waals surface area (Å²) in [6, 6.07) is 0. The first-order chi connectivity index (χ1) is 0. The van der Waals surface area contributed by atoms with Crippen LogP contribution in [0.25, 0.3) is 0 Å². The SMILES string of the molecule is [Al].[Mn].[Si].[Zn]. The predicted octanol–water partition coefficient (Wildman–Crippen LogP) is -0.767. The van der Waals surface area contributed by atoms with Crippen molar-refractivity contribution < 1.29 is 36.5 Å². The van der Waals surface area contributed by atoms with Gasteiger partial charge >= 0.3 is 0 Å². The van der Waals surface area contributed by atoms with Gasteiger partial charge in [0.2, 0.25) is 0 Å². The van der Waals surface area contributed by atoms with E-state index in [1.165, 1.54) is 0 Å². The van der Waals surface area contributed by atoms with Crippen LogP contribution in [0, 0.1) is 0 Å². The average Bonchev–Trinajstić information content (AvgIpc) is 0. The van der Waals surface area contributed by atoms with Crippen LogP contribution in [0.1, 0.15) is 0 Å². The summed E-state index contributed by atoms with van der Waals surface area (Å²) >= 11 is 0. The van der Waals surface area contributed by atoms with Gasteiger partial charge < -0.3 is 0 Å². The van der Waals surface area contributed by atoms with Gasteiger partial charge in [0.15, 0.2) is 0 Å². The first-order valence-electron chi connectivity index (χ1n) is 0. The van der Waals surface area contributed by atoms with Crippen LogP contribution in [0.15, 0.2) is 0 Å². The maximum atomic E-state index is 0. The van der Waals surface area contributed by atoms with Gasteiger partial charge in [-0.2, -0.15) is 0 Å². The average molecular weight is 175 g/mol. The fourth-order valence-corrected chi connectivity index (χ4v) is 0. The van der Waals surface area contributed by atoms with Gasteiger partial charge in [-0.3, -0.25) is 0 Å². The summed E-state index contributed by atoms with van der Waals surface area (Å²) in [7, 11) is 0. The van der Waals surface area contributed by atoms with E-state index in [-0.39, 0.29) is 64.9 Å². The van der Waals surface area contributed by atoms with Crippen molar-refractivity contribution in [3.8, 4) is 0 Å². The van der Waals surface area contributed by atoms with Crippen LogP contribution in [0.4, 0.5) is 0 Å². The largest absolute Gasteiger partial charge is 0 e. The zero-order valence-electron chi connectivity index (χ0n) is 2.16. The van der Waals surface area contributed by atoms with E-state index < -0.39 is 0 Å². The van der Waals surface area contributed by atoms with Crippen molar-refractivity contribution in [2.24, 2.45) is 0 Å². The monoisotopic (exact) mass is 174 g/mol. The quantitative estimate of drug-likeness (QED) is 0.424. The van der Waals surface area contributed by atoms with Crippen molar-refractivity contribution in [3.63, 3.8) is 0 Å². The van der Waals surface area contributed by atoms with E-state index in [0.717, 1.165) is 0 Å². The normalized spacial score (nSPS) is 0. The van der Waals surface area contributed by atoms with Crippen LogP contribution >= 0.6 is 0 Å². The van der Waals surface area contributed by atoms with Crippen LogP contribution in [0.2, 0.25) is 0 Å². The van der Waals surface area contributed by atoms with Crippen molar-refractivity contribution in [1.29, 1.82) is 0 Å². The summed E-state index contributed by atoms with van der Waals surface area (Å²) in [6.45, 7) is 0. The zero-order valence-corrected chi connectivity index (χ0v) is 8.46. The van der Waals surface area contributed by atoms with Gasteiger partial charge in [0.25, 0.3) is 0 Å². The molecule has 0 bridgehead atoms. The Balaban J connectivity index is 0. The van der Waals surface area contributed by atoms with Crippen molar-refractivity contribution >= 4 is 28.3 Å². The number of hydrogen-bond acceptors (Lipinski definition) is 0. The van der Waals surface area contributed by atoms with Crippen LogP contribution in [-0.4, -0.2) is 28.3 Å². The molecule has 0 aromatic carbocycles. The molecule has 0 spiro atoms. The van der Waals surface area contributed by atoms with Gasteiger partial charge in [0.1, 0.15) is 0 Å². The molecule has 4 heteroatoms. The summed E-state index contributed by atoms with van der Waals surface area (Å²) in [4.78, 5) is 0. The molecule has 0 saturated carbocycles. The molecule has 0 heterocycles. The molecule has 0 aliphatic rings. The summed E-state index contributed by atoms with van der Waals surface area (Å²) < 4.78 is 0. The van der Waals surface area contributed by atoms with E-state index in [9.17, 15) is 0 Å². The second-order valence-electron chi connectivity index (χ2n) is 0. The third-order valence-electron chi connectivity index (χ3n) is 0. The molecule has 0 atom stereocenters. The molecule has 8 radical (unpaired) electrons. The van der Waals surface area contributed by atoms with E-state index in [0.29, 0.717) is 0 Å². The molecule has 0 rings (SSSR count). The summed E-state index contributed by atoms with van der Waals surface area (Å²) in [5, 5.41) is 0. The van der Waals surface area contributed by atoms with E-state index >= 15 is 0 Å². The van der Waals surface area contributed by atoms with Crippen LogP contribution in [0.5, 0.6) is 0 Å². The van der Waals surface area contributed by atoms with E-state index in [2.05, 4.69) is 0 Å². The molecule has 0 nitrogen and oxygen atoms in total. The van der Waals surface area contributed by atoms with Crippen molar-refractivity contribution in [2.75, 3.05) is 0 Å². The molecule has 0 fully saturated rings. The minimum atomic E-state index is 0. The molecule has 0 aromatic rings. The van der Waals surface area contributed by atoms with Gasteiger partial charge in [0.05, 0.1) is 0 Å². The van der Waals surface area contributed by atoms with Crippen LogP contribution in [0.3, 0.4) is 0 Å². The van der Waals surface area contributed by atoms with Gasteiger partial charge in [-0.25, -0.2) is 0 Å². The summed E-state index contributed by atoms with van der Waals surface area (Å²) in [6.07, 6.45) is 0. The number of hydrogen-bond donors (Lipinski definition) is 0. The maximum Gasteiger partial charge on any atom is 0 e. The fraction of sp³-hybridized carbons (Fsp3) is 0. The van der Waals surface area contributed by atoms with Crippen LogP contribution in [-0.2, 0) is 36.5 Å². The smallest absolute Gasteiger partial charge is 0 e. The minimum absolute atomic E-state index is 0. The van der Waals surface area contributed by atoms with Crippen LogP contribution < -0.4 is 0 Å². The number of rotatable bonds is 0. The zero-order chi connectivity index (χ0) is 0. The first-order valence-corrected chi connectivity index (χ1v) is 0. The Morgan fingerprint density at radius 3 is 1.00 bits per heavy atom. The third kappa shape index (κ3) is 9.09. The third-order valence-corrected chi connectivity index (χ3v) is 0. The molecule has 16 valence electrons. The minimum Gasteiger partial charge on any atom is 0 e. The summed E-state index contributed by atoms with van der Waals surface area (Å²) in [5.41, 5.74) is 0. The van der Waals surface area contributed by atoms with E-state index in [1.807, 2.05) is 0 Å². The molecule has 0 unspecified atom stereocenters.